The minimum Gasteiger partial charge on any atom is -0.479 e. The normalized spacial score (nSPS) is 9.27. The van der Waals surface area contributed by atoms with Gasteiger partial charge in [0.25, 0.3) is 5.88 Å². The van der Waals surface area contributed by atoms with Crippen molar-refractivity contribution >= 4 is 6.08 Å². The number of hydrogen-bond donors (Lipinski definition) is 0. The number of rotatable bonds is 2. The highest BCUT2D eigenvalue weighted by Gasteiger charge is 2.02. The maximum atomic E-state index is 12.7. The monoisotopic (exact) mass is 153 g/mol. The molecule has 1 rings (SSSR count). The molecule has 0 aromatic carbocycles. The Morgan fingerprint density at radius 2 is 2.36 bits per heavy atom. The lowest BCUT2D eigenvalue weighted by atomic mass is 10.3. The molecule has 58 valence electrons. The molecule has 2 nitrogen and oxygen atoms in total. The van der Waals surface area contributed by atoms with Crippen LogP contribution in [0.15, 0.2) is 18.7 Å². The molecule has 0 saturated carbocycles. The summed E-state index contributed by atoms with van der Waals surface area (Å²) in [6.07, 6.45) is 1.53. The van der Waals surface area contributed by atoms with Crippen LogP contribution in [0.5, 0.6) is 5.88 Å². The molecular formula is C8H8FNO. The van der Waals surface area contributed by atoms with E-state index in [2.05, 4.69) is 16.3 Å². The van der Waals surface area contributed by atoms with Gasteiger partial charge in [0.15, 0.2) is 5.82 Å². The molecule has 1 aromatic heterocycles. The fourth-order valence-electron chi connectivity index (χ4n) is 0.695. The lowest BCUT2D eigenvalue weighted by Crippen LogP contribution is -1.92. The quantitative estimate of drug-likeness (QED) is 0.647. The maximum Gasteiger partial charge on any atom is 0.250 e. The Labute approximate surface area is 64.3 Å². The molecule has 0 radical (unpaired) electrons. The number of hydrogen-bond acceptors (Lipinski definition) is 2. The molecule has 0 saturated heterocycles. The van der Waals surface area contributed by atoms with Crippen molar-refractivity contribution in [1.29, 1.82) is 0 Å². The van der Waals surface area contributed by atoms with E-state index in [-0.39, 0.29) is 5.88 Å². The number of halogens is 1. The van der Waals surface area contributed by atoms with Crippen LogP contribution in [-0.4, -0.2) is 12.1 Å². The molecule has 0 N–H and O–H groups in total. The van der Waals surface area contributed by atoms with E-state index in [1.54, 1.807) is 0 Å². The molecular weight excluding hydrogens is 145 g/mol. The van der Waals surface area contributed by atoms with Crippen LogP contribution >= 0.6 is 0 Å². The van der Waals surface area contributed by atoms with Crippen molar-refractivity contribution in [3.63, 3.8) is 0 Å². The minimum atomic E-state index is -0.460. The van der Waals surface area contributed by atoms with Gasteiger partial charge in [0.1, 0.15) is 0 Å². The summed E-state index contributed by atoms with van der Waals surface area (Å²) in [6.45, 7) is 3.50. The number of aromatic nitrogens is 1. The smallest absolute Gasteiger partial charge is 0.250 e. The molecule has 0 bridgehead atoms. The Kier molecular flexibility index (Phi) is 2.21. The van der Waals surface area contributed by atoms with Crippen LogP contribution in [0.3, 0.4) is 0 Å². The number of nitrogens with zero attached hydrogens (tertiary/aromatic N) is 1. The first-order chi connectivity index (χ1) is 5.27. The largest absolute Gasteiger partial charge is 0.479 e. The summed E-state index contributed by atoms with van der Waals surface area (Å²) in [6, 6.07) is 2.83. The van der Waals surface area contributed by atoms with E-state index in [0.717, 1.165) is 0 Å². The molecule has 1 aromatic rings. The van der Waals surface area contributed by atoms with Crippen LogP contribution in [0.1, 0.15) is 5.69 Å². The molecule has 11 heavy (non-hydrogen) atoms. The summed E-state index contributed by atoms with van der Waals surface area (Å²) in [5.41, 5.74) is 0.600. The first-order valence-electron chi connectivity index (χ1n) is 3.11. The van der Waals surface area contributed by atoms with Gasteiger partial charge in [-0.3, -0.25) is 0 Å². The number of methoxy groups -OCH3 is 1. The van der Waals surface area contributed by atoms with Crippen molar-refractivity contribution in [3.05, 3.63) is 30.2 Å². The van der Waals surface area contributed by atoms with E-state index in [1.165, 1.54) is 25.3 Å². The van der Waals surface area contributed by atoms with E-state index in [9.17, 15) is 4.39 Å². The zero-order valence-electron chi connectivity index (χ0n) is 6.17. The second-order valence-electron chi connectivity index (χ2n) is 1.93. The van der Waals surface area contributed by atoms with Gasteiger partial charge < -0.3 is 4.74 Å². The summed E-state index contributed by atoms with van der Waals surface area (Å²) >= 11 is 0. The fraction of sp³-hybridized carbons (Fsp3) is 0.125. The van der Waals surface area contributed by atoms with Crippen molar-refractivity contribution in [2.75, 3.05) is 7.11 Å². The summed E-state index contributed by atoms with van der Waals surface area (Å²) in [7, 11) is 1.37. The topological polar surface area (TPSA) is 22.1 Å². The van der Waals surface area contributed by atoms with Gasteiger partial charge in [0.2, 0.25) is 0 Å². The predicted octanol–water partition coefficient (Wildman–Crippen LogP) is 1.87. The van der Waals surface area contributed by atoms with E-state index < -0.39 is 5.82 Å². The van der Waals surface area contributed by atoms with Crippen LogP contribution in [0.25, 0.3) is 6.08 Å². The molecule has 3 heteroatoms. The van der Waals surface area contributed by atoms with Gasteiger partial charge >= 0.3 is 0 Å². The first-order valence-corrected chi connectivity index (χ1v) is 3.11. The van der Waals surface area contributed by atoms with Crippen molar-refractivity contribution in [3.8, 4) is 5.88 Å². The maximum absolute atomic E-state index is 12.7. The Hall–Kier alpha value is -1.38. The van der Waals surface area contributed by atoms with Crippen LogP contribution in [-0.2, 0) is 0 Å². The third-order valence-electron chi connectivity index (χ3n) is 1.24. The molecule has 0 atom stereocenters. The van der Waals surface area contributed by atoms with E-state index in [1.807, 2.05) is 0 Å². The zero-order valence-corrected chi connectivity index (χ0v) is 6.17. The molecule has 0 aliphatic carbocycles. The predicted molar refractivity (Wildman–Crippen MR) is 40.8 cm³/mol. The van der Waals surface area contributed by atoms with Gasteiger partial charge in [0.05, 0.1) is 12.8 Å². The van der Waals surface area contributed by atoms with Gasteiger partial charge in [0, 0.05) is 0 Å². The van der Waals surface area contributed by atoms with Crippen molar-refractivity contribution < 1.29 is 9.13 Å². The third-order valence-corrected chi connectivity index (χ3v) is 1.24. The highest BCUT2D eigenvalue weighted by molar-refractivity contribution is 5.42. The molecule has 0 spiro atoms. The van der Waals surface area contributed by atoms with Gasteiger partial charge in [-0.05, 0) is 18.2 Å². The van der Waals surface area contributed by atoms with Crippen molar-refractivity contribution in [2.45, 2.75) is 0 Å². The Balaban J connectivity index is 3.12. The molecule has 0 amide bonds. The number of pyridine rings is 1. The van der Waals surface area contributed by atoms with Crippen LogP contribution in [0, 0.1) is 5.82 Å². The Morgan fingerprint density at radius 3 is 2.91 bits per heavy atom. The summed E-state index contributed by atoms with van der Waals surface area (Å²) < 4.78 is 17.3. The molecule has 0 aliphatic heterocycles. The standard InChI is InChI=1S/C8H8FNO/c1-3-6-4-5-7(9)8(10-6)11-2/h3-5H,1H2,2H3. The first kappa shape index (κ1) is 7.72. The van der Waals surface area contributed by atoms with Crippen molar-refractivity contribution in [1.82, 2.24) is 4.98 Å². The second-order valence-corrected chi connectivity index (χ2v) is 1.93. The lowest BCUT2D eigenvalue weighted by Gasteiger charge is -1.99. The lowest BCUT2D eigenvalue weighted by molar-refractivity contribution is 0.369. The van der Waals surface area contributed by atoms with Crippen molar-refractivity contribution in [2.24, 2.45) is 0 Å². The second kappa shape index (κ2) is 3.14. The average molecular weight is 153 g/mol. The SMILES string of the molecule is C=Cc1ccc(F)c(OC)n1. The van der Waals surface area contributed by atoms with Gasteiger partial charge in [-0.1, -0.05) is 6.58 Å². The summed E-state index contributed by atoms with van der Waals surface area (Å²) in [5, 5.41) is 0. The summed E-state index contributed by atoms with van der Waals surface area (Å²) in [5.74, 6) is -0.458. The van der Waals surface area contributed by atoms with E-state index in [0.29, 0.717) is 5.69 Å². The van der Waals surface area contributed by atoms with Crippen LogP contribution < -0.4 is 4.74 Å². The van der Waals surface area contributed by atoms with Crippen LogP contribution in [0.2, 0.25) is 0 Å². The highest BCUT2D eigenvalue weighted by Crippen LogP contribution is 2.13. The van der Waals surface area contributed by atoms with E-state index in [4.69, 9.17) is 0 Å². The summed E-state index contributed by atoms with van der Waals surface area (Å²) in [4.78, 5) is 3.79. The Morgan fingerprint density at radius 1 is 1.64 bits per heavy atom. The van der Waals surface area contributed by atoms with Gasteiger partial charge in [-0.25, -0.2) is 9.37 Å². The number of ether oxygens (including phenoxy) is 1. The molecule has 0 fully saturated rings. The third kappa shape index (κ3) is 1.55. The molecule has 0 aliphatic rings. The van der Waals surface area contributed by atoms with Crippen LogP contribution in [0.4, 0.5) is 4.39 Å². The fourth-order valence-corrected chi connectivity index (χ4v) is 0.695. The minimum absolute atomic E-state index is 0.00222. The van der Waals surface area contributed by atoms with E-state index >= 15 is 0 Å². The zero-order chi connectivity index (χ0) is 8.27. The Bertz CT molecular complexity index is 273. The molecule has 1 heterocycles. The average Bonchev–Trinajstić information content (AvgIpc) is 2.05. The van der Waals surface area contributed by atoms with Gasteiger partial charge in [-0.15, -0.1) is 0 Å². The highest BCUT2D eigenvalue weighted by atomic mass is 19.1. The molecule has 0 unspecified atom stereocenters. The van der Waals surface area contributed by atoms with Gasteiger partial charge in [-0.2, -0.15) is 0 Å².